The molecule has 2 N–H and O–H groups in total. The van der Waals surface area contributed by atoms with Gasteiger partial charge in [-0.2, -0.15) is 4.39 Å². The zero-order valence-corrected chi connectivity index (χ0v) is 14.9. The van der Waals surface area contributed by atoms with Crippen LogP contribution in [0, 0.1) is 17.8 Å². The van der Waals surface area contributed by atoms with Gasteiger partial charge >= 0.3 is 0 Å². The van der Waals surface area contributed by atoms with Crippen LogP contribution in [0.1, 0.15) is 19.3 Å². The summed E-state index contributed by atoms with van der Waals surface area (Å²) in [6.45, 7) is 0. The van der Waals surface area contributed by atoms with Crippen molar-refractivity contribution in [3.8, 4) is 11.3 Å². The topological polar surface area (TPSA) is 96.3 Å². The standard InChI is InChI=1S/C20H18FN5O2/c21-17-3-1-2-16(25-17)14-8-15(11-22-10-14)24-20(28)13-6-7-23-18(9-13)26-19(27)12-4-5-12/h1-3,7-13H,4-6H2,(H,24,28)(H,26,27). The molecule has 2 amide bonds. The first-order chi connectivity index (χ1) is 13.6. The fraction of sp³-hybridized carbons (Fsp3) is 0.250. The van der Waals surface area contributed by atoms with Gasteiger partial charge in [0, 0.05) is 23.9 Å². The minimum absolute atomic E-state index is 0.0519. The molecule has 2 aromatic rings. The van der Waals surface area contributed by atoms with Gasteiger partial charge in [-0.05, 0) is 43.5 Å². The van der Waals surface area contributed by atoms with Gasteiger partial charge in [-0.15, -0.1) is 0 Å². The lowest BCUT2D eigenvalue weighted by Gasteiger charge is -2.16. The highest BCUT2D eigenvalue weighted by Crippen LogP contribution is 2.29. The van der Waals surface area contributed by atoms with Crippen molar-refractivity contribution in [2.75, 3.05) is 5.32 Å². The van der Waals surface area contributed by atoms with Crippen LogP contribution in [0.15, 0.2) is 53.5 Å². The third-order valence-corrected chi connectivity index (χ3v) is 4.50. The number of pyridine rings is 2. The number of hydrogen-bond acceptors (Lipinski definition) is 5. The van der Waals surface area contributed by atoms with Crippen LogP contribution in [-0.2, 0) is 9.59 Å². The second-order valence-electron chi connectivity index (χ2n) is 6.77. The molecular weight excluding hydrogens is 361 g/mol. The molecule has 28 heavy (non-hydrogen) atoms. The third-order valence-electron chi connectivity index (χ3n) is 4.50. The highest BCUT2D eigenvalue weighted by molar-refractivity contribution is 5.96. The lowest BCUT2D eigenvalue weighted by molar-refractivity contribution is -0.122. The lowest BCUT2D eigenvalue weighted by atomic mass is 10.0. The first-order valence-electron chi connectivity index (χ1n) is 9.02. The smallest absolute Gasteiger partial charge is 0.231 e. The molecule has 0 radical (unpaired) electrons. The van der Waals surface area contributed by atoms with Crippen LogP contribution in [0.25, 0.3) is 11.3 Å². The van der Waals surface area contributed by atoms with E-state index >= 15 is 0 Å². The van der Waals surface area contributed by atoms with E-state index in [-0.39, 0.29) is 17.7 Å². The molecule has 2 aliphatic rings. The van der Waals surface area contributed by atoms with Crippen LogP contribution < -0.4 is 10.6 Å². The number of rotatable bonds is 5. The second-order valence-corrected chi connectivity index (χ2v) is 6.77. The van der Waals surface area contributed by atoms with Crippen molar-refractivity contribution in [2.45, 2.75) is 19.3 Å². The van der Waals surface area contributed by atoms with E-state index in [4.69, 9.17) is 0 Å². The van der Waals surface area contributed by atoms with E-state index in [1.807, 2.05) is 0 Å². The molecule has 4 rings (SSSR count). The van der Waals surface area contributed by atoms with Crippen LogP contribution in [0.3, 0.4) is 0 Å². The van der Waals surface area contributed by atoms with Gasteiger partial charge in [-0.3, -0.25) is 14.6 Å². The van der Waals surface area contributed by atoms with Crippen LogP contribution in [-0.4, -0.2) is 28.0 Å². The van der Waals surface area contributed by atoms with Crippen molar-refractivity contribution < 1.29 is 14.0 Å². The number of aliphatic imine (C=N–C) groups is 1. The summed E-state index contributed by atoms with van der Waals surface area (Å²) in [6.07, 6.45) is 8.58. The fourth-order valence-electron chi connectivity index (χ4n) is 2.85. The maximum Gasteiger partial charge on any atom is 0.231 e. The Labute approximate surface area is 160 Å². The van der Waals surface area contributed by atoms with Gasteiger partial charge < -0.3 is 10.6 Å². The Morgan fingerprint density at radius 3 is 2.75 bits per heavy atom. The van der Waals surface area contributed by atoms with Crippen molar-refractivity contribution in [3.63, 3.8) is 0 Å². The largest absolute Gasteiger partial charge is 0.324 e. The highest BCUT2D eigenvalue weighted by Gasteiger charge is 2.30. The normalized spacial score (nSPS) is 18.3. The SMILES string of the molecule is O=C(Nc1cncc(-c2cccc(F)n2)c1)C1C=C(NC(=O)C2CC2)N=CC1. The predicted octanol–water partition coefficient (Wildman–Crippen LogP) is 2.68. The van der Waals surface area contributed by atoms with Crippen LogP contribution in [0.2, 0.25) is 0 Å². The molecule has 0 bridgehead atoms. The maximum atomic E-state index is 13.3. The van der Waals surface area contributed by atoms with E-state index in [2.05, 4.69) is 25.6 Å². The molecule has 1 aliphatic carbocycles. The first-order valence-corrected chi connectivity index (χ1v) is 9.02. The van der Waals surface area contributed by atoms with E-state index in [0.29, 0.717) is 29.2 Å². The summed E-state index contributed by atoms with van der Waals surface area (Å²) in [5.74, 6) is -0.864. The summed E-state index contributed by atoms with van der Waals surface area (Å²) >= 11 is 0. The molecule has 142 valence electrons. The Morgan fingerprint density at radius 1 is 1.11 bits per heavy atom. The number of hydrogen-bond donors (Lipinski definition) is 2. The summed E-state index contributed by atoms with van der Waals surface area (Å²) in [5.41, 5.74) is 1.50. The maximum absolute atomic E-state index is 13.3. The number of nitrogens with one attached hydrogen (secondary N) is 2. The Hall–Kier alpha value is -3.42. The van der Waals surface area contributed by atoms with Crippen molar-refractivity contribution >= 4 is 23.7 Å². The van der Waals surface area contributed by atoms with Crippen molar-refractivity contribution in [3.05, 3.63) is 54.5 Å². The molecule has 0 aromatic carbocycles. The van der Waals surface area contributed by atoms with Crippen molar-refractivity contribution in [1.29, 1.82) is 0 Å². The Balaban J connectivity index is 1.44. The van der Waals surface area contributed by atoms with Gasteiger partial charge in [0.25, 0.3) is 0 Å². The van der Waals surface area contributed by atoms with E-state index in [1.54, 1.807) is 36.7 Å². The second kappa shape index (κ2) is 7.67. The van der Waals surface area contributed by atoms with E-state index in [1.165, 1.54) is 12.3 Å². The minimum Gasteiger partial charge on any atom is -0.324 e. The summed E-state index contributed by atoms with van der Waals surface area (Å²) < 4.78 is 13.3. The molecule has 2 aromatic heterocycles. The van der Waals surface area contributed by atoms with Gasteiger partial charge in [0.1, 0.15) is 5.82 Å². The summed E-state index contributed by atoms with van der Waals surface area (Å²) in [6, 6.07) is 6.18. The first kappa shape index (κ1) is 18.0. The zero-order chi connectivity index (χ0) is 19.5. The monoisotopic (exact) mass is 379 g/mol. The number of carbonyl (C=O) groups excluding carboxylic acids is 2. The van der Waals surface area contributed by atoms with Crippen molar-refractivity contribution in [2.24, 2.45) is 16.8 Å². The molecule has 8 heteroatoms. The number of halogens is 1. The molecule has 3 heterocycles. The Kier molecular flexibility index (Phi) is 4.92. The summed E-state index contributed by atoms with van der Waals surface area (Å²) in [5, 5.41) is 5.56. The third kappa shape index (κ3) is 4.28. The molecular formula is C20H18FN5O2. The number of amides is 2. The summed E-state index contributed by atoms with van der Waals surface area (Å²) in [7, 11) is 0. The molecule has 7 nitrogen and oxygen atoms in total. The zero-order valence-electron chi connectivity index (χ0n) is 14.9. The Bertz CT molecular complexity index is 984. The Morgan fingerprint density at radius 2 is 1.96 bits per heavy atom. The molecule has 0 spiro atoms. The minimum atomic E-state index is -0.584. The lowest BCUT2D eigenvalue weighted by Crippen LogP contribution is -2.29. The number of nitrogens with zero attached hydrogens (tertiary/aromatic N) is 3. The fourth-order valence-corrected chi connectivity index (χ4v) is 2.85. The van der Waals surface area contributed by atoms with Crippen LogP contribution in [0.4, 0.5) is 10.1 Å². The van der Waals surface area contributed by atoms with Gasteiger partial charge in [0.2, 0.25) is 17.8 Å². The van der Waals surface area contributed by atoms with Gasteiger partial charge in [-0.1, -0.05) is 6.07 Å². The number of aromatic nitrogens is 2. The van der Waals surface area contributed by atoms with Gasteiger partial charge in [0.15, 0.2) is 0 Å². The molecule has 0 saturated heterocycles. The van der Waals surface area contributed by atoms with Crippen LogP contribution in [0.5, 0.6) is 0 Å². The molecule has 1 unspecified atom stereocenters. The molecule has 1 atom stereocenters. The average molecular weight is 379 g/mol. The van der Waals surface area contributed by atoms with Gasteiger partial charge in [0.05, 0.1) is 23.5 Å². The van der Waals surface area contributed by atoms with E-state index in [9.17, 15) is 14.0 Å². The van der Waals surface area contributed by atoms with E-state index in [0.717, 1.165) is 12.8 Å². The number of anilines is 1. The quantitative estimate of drug-likeness (QED) is 0.781. The summed E-state index contributed by atoms with van der Waals surface area (Å²) in [4.78, 5) is 36.6. The highest BCUT2D eigenvalue weighted by atomic mass is 19.1. The van der Waals surface area contributed by atoms with Crippen molar-refractivity contribution in [1.82, 2.24) is 15.3 Å². The predicted molar refractivity (Wildman–Crippen MR) is 102 cm³/mol. The molecule has 1 aliphatic heterocycles. The molecule has 1 fully saturated rings. The number of carbonyl (C=O) groups is 2. The van der Waals surface area contributed by atoms with E-state index < -0.39 is 11.9 Å². The average Bonchev–Trinajstić information content (AvgIpc) is 3.54. The van der Waals surface area contributed by atoms with Gasteiger partial charge in [-0.25, -0.2) is 9.98 Å². The molecule has 1 saturated carbocycles. The van der Waals surface area contributed by atoms with Crippen LogP contribution >= 0.6 is 0 Å².